The average Bonchev–Trinajstić information content (AvgIpc) is 2.59. The number of nitrogens with zero attached hydrogens (tertiary/aromatic N) is 1. The monoisotopic (exact) mass is 312 g/mol. The summed E-state index contributed by atoms with van der Waals surface area (Å²) in [5.74, 6) is 5.96. The van der Waals surface area contributed by atoms with Crippen molar-refractivity contribution in [3.05, 3.63) is 23.3 Å². The van der Waals surface area contributed by atoms with E-state index in [0.717, 1.165) is 19.5 Å². The fourth-order valence-corrected chi connectivity index (χ4v) is 3.44. The number of unbranched alkanes of at least 4 members (excludes halogenated alkanes) is 1. The molecule has 0 bridgehead atoms. The molecule has 23 heavy (non-hydrogen) atoms. The molecule has 1 N–H and O–H groups in total. The number of rotatable bonds is 8. The fourth-order valence-electron chi connectivity index (χ4n) is 3.44. The van der Waals surface area contributed by atoms with E-state index in [1.165, 1.54) is 49.7 Å². The summed E-state index contributed by atoms with van der Waals surface area (Å²) in [5, 5.41) is 12.4. The van der Waals surface area contributed by atoms with Gasteiger partial charge in [0.25, 0.3) is 0 Å². The van der Waals surface area contributed by atoms with Crippen molar-refractivity contribution in [2.75, 3.05) is 13.1 Å². The zero-order valence-electron chi connectivity index (χ0n) is 15.2. The van der Waals surface area contributed by atoms with Gasteiger partial charge in [-0.3, -0.25) is 0 Å². The SMILES string of the molecule is CC#C/C=C(C)\C(=C/CC#N)CCC1(CCCC)CCNCC1. The molecule has 0 saturated carbocycles. The first-order valence-electron chi connectivity index (χ1n) is 9.03. The van der Waals surface area contributed by atoms with Gasteiger partial charge in [-0.2, -0.15) is 5.26 Å². The van der Waals surface area contributed by atoms with E-state index >= 15 is 0 Å². The normalized spacial score (nSPS) is 18.0. The summed E-state index contributed by atoms with van der Waals surface area (Å²) in [6.07, 6.45) is 13.4. The van der Waals surface area contributed by atoms with E-state index in [-0.39, 0.29) is 0 Å². The molecule has 1 saturated heterocycles. The van der Waals surface area contributed by atoms with Crippen LogP contribution >= 0.6 is 0 Å². The molecular formula is C21H32N2. The summed E-state index contributed by atoms with van der Waals surface area (Å²) >= 11 is 0. The van der Waals surface area contributed by atoms with Crippen molar-refractivity contribution in [3.8, 4) is 17.9 Å². The van der Waals surface area contributed by atoms with Crippen LogP contribution in [0.15, 0.2) is 23.3 Å². The maximum Gasteiger partial charge on any atom is 0.0663 e. The number of hydrogen-bond acceptors (Lipinski definition) is 2. The zero-order valence-corrected chi connectivity index (χ0v) is 15.2. The van der Waals surface area contributed by atoms with E-state index in [0.29, 0.717) is 11.8 Å². The lowest BCUT2D eigenvalue weighted by Crippen LogP contribution is -2.36. The van der Waals surface area contributed by atoms with Gasteiger partial charge in [0.2, 0.25) is 0 Å². The lowest BCUT2D eigenvalue weighted by Gasteiger charge is -2.38. The molecule has 0 aromatic rings. The van der Waals surface area contributed by atoms with Crippen LogP contribution in [0.3, 0.4) is 0 Å². The second-order valence-corrected chi connectivity index (χ2v) is 6.67. The van der Waals surface area contributed by atoms with Crippen LogP contribution in [-0.2, 0) is 0 Å². The van der Waals surface area contributed by atoms with Crippen molar-refractivity contribution in [2.45, 2.75) is 72.1 Å². The van der Waals surface area contributed by atoms with Gasteiger partial charge in [0.05, 0.1) is 12.5 Å². The van der Waals surface area contributed by atoms with Gasteiger partial charge < -0.3 is 5.32 Å². The highest BCUT2D eigenvalue weighted by molar-refractivity contribution is 5.35. The molecule has 0 aromatic carbocycles. The summed E-state index contributed by atoms with van der Waals surface area (Å²) in [5.41, 5.74) is 3.02. The van der Waals surface area contributed by atoms with E-state index in [1.54, 1.807) is 0 Å². The number of piperidine rings is 1. The standard InChI is InChI=1S/C21H32N2/c1-4-6-9-19(3)20(10-8-16-22)11-13-21(12-7-5-2)14-17-23-18-15-21/h9-10,23H,5,7-8,11-15,17-18H2,1-3H3/b19-9-,20-10-. The van der Waals surface area contributed by atoms with Crippen molar-refractivity contribution < 1.29 is 0 Å². The molecule has 0 aromatic heterocycles. The highest BCUT2D eigenvalue weighted by Gasteiger charge is 2.31. The molecule has 0 unspecified atom stereocenters. The molecule has 1 heterocycles. The molecule has 126 valence electrons. The molecule has 1 rings (SSSR count). The first kappa shape index (κ1) is 19.5. The second-order valence-electron chi connectivity index (χ2n) is 6.67. The molecule has 0 amide bonds. The predicted molar refractivity (Wildman–Crippen MR) is 98.8 cm³/mol. The van der Waals surface area contributed by atoms with Gasteiger partial charge in [0.1, 0.15) is 0 Å². The van der Waals surface area contributed by atoms with Gasteiger partial charge in [-0.1, -0.05) is 31.8 Å². The van der Waals surface area contributed by atoms with Crippen LogP contribution in [-0.4, -0.2) is 13.1 Å². The number of nitrogens with one attached hydrogen (secondary N) is 1. The quantitative estimate of drug-likeness (QED) is 0.498. The Labute approximate surface area is 143 Å². The Bertz CT molecular complexity index is 502. The number of hydrogen-bond donors (Lipinski definition) is 1. The first-order chi connectivity index (χ1) is 11.2. The molecule has 1 fully saturated rings. The summed E-state index contributed by atoms with van der Waals surface area (Å²) < 4.78 is 0. The summed E-state index contributed by atoms with van der Waals surface area (Å²) in [6, 6.07) is 2.24. The summed E-state index contributed by atoms with van der Waals surface area (Å²) in [4.78, 5) is 0. The Kier molecular flexibility index (Phi) is 9.42. The smallest absolute Gasteiger partial charge is 0.0663 e. The third-order valence-corrected chi connectivity index (χ3v) is 5.03. The molecule has 1 aliphatic heterocycles. The molecule has 0 spiro atoms. The number of allylic oxidation sites excluding steroid dienone is 4. The molecule has 0 radical (unpaired) electrons. The topological polar surface area (TPSA) is 35.8 Å². The van der Waals surface area contributed by atoms with E-state index in [1.807, 2.05) is 13.0 Å². The van der Waals surface area contributed by atoms with E-state index in [9.17, 15) is 0 Å². The Morgan fingerprint density at radius 3 is 2.61 bits per heavy atom. The molecule has 1 aliphatic rings. The highest BCUT2D eigenvalue weighted by Crippen LogP contribution is 2.40. The maximum absolute atomic E-state index is 8.91. The summed E-state index contributed by atoms with van der Waals surface area (Å²) in [6.45, 7) is 8.56. The third kappa shape index (κ3) is 7.06. The second kappa shape index (κ2) is 11.1. The van der Waals surface area contributed by atoms with Crippen molar-refractivity contribution in [2.24, 2.45) is 5.41 Å². The minimum atomic E-state index is 0.490. The van der Waals surface area contributed by atoms with Gasteiger partial charge in [-0.25, -0.2) is 0 Å². The Hall–Kier alpha value is -1.51. The van der Waals surface area contributed by atoms with E-state index < -0.39 is 0 Å². The Balaban J connectivity index is 2.80. The molecule has 2 heteroatoms. The van der Waals surface area contributed by atoms with Crippen LogP contribution in [0.5, 0.6) is 0 Å². The molecule has 0 aliphatic carbocycles. The lowest BCUT2D eigenvalue weighted by atomic mass is 9.71. The Morgan fingerprint density at radius 2 is 2.00 bits per heavy atom. The minimum Gasteiger partial charge on any atom is -0.317 e. The summed E-state index contributed by atoms with van der Waals surface area (Å²) in [7, 11) is 0. The lowest BCUT2D eigenvalue weighted by molar-refractivity contribution is 0.164. The average molecular weight is 313 g/mol. The predicted octanol–water partition coefficient (Wildman–Crippen LogP) is 5.14. The molecular weight excluding hydrogens is 280 g/mol. The largest absolute Gasteiger partial charge is 0.317 e. The molecule has 2 nitrogen and oxygen atoms in total. The highest BCUT2D eigenvalue weighted by atomic mass is 14.9. The van der Waals surface area contributed by atoms with Gasteiger partial charge in [-0.15, -0.1) is 5.92 Å². The minimum absolute atomic E-state index is 0.490. The van der Waals surface area contributed by atoms with Gasteiger partial charge in [0.15, 0.2) is 0 Å². The van der Waals surface area contributed by atoms with Crippen LogP contribution in [0.2, 0.25) is 0 Å². The van der Waals surface area contributed by atoms with E-state index in [2.05, 4.69) is 43.2 Å². The fraction of sp³-hybridized carbons (Fsp3) is 0.667. The molecule has 0 atom stereocenters. The maximum atomic E-state index is 8.91. The van der Waals surface area contributed by atoms with Gasteiger partial charge >= 0.3 is 0 Å². The van der Waals surface area contributed by atoms with Crippen LogP contribution in [0.4, 0.5) is 0 Å². The van der Waals surface area contributed by atoms with Crippen LogP contribution < -0.4 is 5.32 Å². The van der Waals surface area contributed by atoms with Gasteiger partial charge in [-0.05, 0) is 81.7 Å². The van der Waals surface area contributed by atoms with E-state index in [4.69, 9.17) is 5.26 Å². The van der Waals surface area contributed by atoms with Crippen LogP contribution in [0, 0.1) is 28.6 Å². The van der Waals surface area contributed by atoms with Crippen LogP contribution in [0.25, 0.3) is 0 Å². The number of nitriles is 1. The Morgan fingerprint density at radius 1 is 1.26 bits per heavy atom. The zero-order chi connectivity index (χ0) is 17.0. The van der Waals surface area contributed by atoms with Crippen molar-refractivity contribution in [1.82, 2.24) is 5.32 Å². The van der Waals surface area contributed by atoms with Crippen molar-refractivity contribution in [3.63, 3.8) is 0 Å². The van der Waals surface area contributed by atoms with Crippen molar-refractivity contribution in [1.29, 1.82) is 5.26 Å². The van der Waals surface area contributed by atoms with Crippen molar-refractivity contribution >= 4 is 0 Å². The van der Waals surface area contributed by atoms with Crippen LogP contribution in [0.1, 0.15) is 72.1 Å². The van der Waals surface area contributed by atoms with Gasteiger partial charge in [0, 0.05) is 0 Å². The third-order valence-electron chi connectivity index (χ3n) is 5.03. The first-order valence-corrected chi connectivity index (χ1v) is 9.03.